The van der Waals surface area contributed by atoms with Gasteiger partial charge in [0.05, 0.1) is 12.5 Å². The molecule has 0 amide bonds. The summed E-state index contributed by atoms with van der Waals surface area (Å²) in [5.74, 6) is -0.233. The molecule has 0 fully saturated rings. The number of nitrogens with zero attached hydrogens (tertiary/aromatic N) is 1. The fraction of sp³-hybridized carbons (Fsp3) is 0.500. The van der Waals surface area contributed by atoms with Crippen molar-refractivity contribution >= 4 is 5.97 Å². The molecular formula is C12H18N2O2. The van der Waals surface area contributed by atoms with Crippen LogP contribution >= 0.6 is 0 Å². The van der Waals surface area contributed by atoms with Crippen molar-refractivity contribution in [2.24, 2.45) is 5.41 Å². The highest BCUT2D eigenvalue weighted by molar-refractivity contribution is 5.77. The van der Waals surface area contributed by atoms with Gasteiger partial charge in [0.25, 0.3) is 0 Å². The first-order valence-corrected chi connectivity index (χ1v) is 5.19. The summed E-state index contributed by atoms with van der Waals surface area (Å²) in [6.07, 6.45) is 3.43. The second kappa shape index (κ2) is 5.07. The molecule has 1 aromatic heterocycles. The summed E-state index contributed by atoms with van der Waals surface area (Å²) in [5, 5.41) is 3.15. The maximum Gasteiger partial charge on any atom is 0.313 e. The van der Waals surface area contributed by atoms with E-state index in [1.807, 2.05) is 33.0 Å². The molecule has 0 aliphatic carbocycles. The molecule has 1 aromatic rings. The summed E-state index contributed by atoms with van der Waals surface area (Å²) in [6.45, 7) is 3.72. The van der Waals surface area contributed by atoms with Crippen molar-refractivity contribution < 1.29 is 9.53 Å². The fourth-order valence-corrected chi connectivity index (χ4v) is 1.88. The molecule has 1 rings (SSSR count). The fourth-order valence-electron chi connectivity index (χ4n) is 1.88. The summed E-state index contributed by atoms with van der Waals surface area (Å²) in [4.78, 5) is 15.7. The molecule has 0 bridgehead atoms. The van der Waals surface area contributed by atoms with Crippen LogP contribution in [0.5, 0.6) is 0 Å². The van der Waals surface area contributed by atoms with Gasteiger partial charge in [-0.2, -0.15) is 0 Å². The van der Waals surface area contributed by atoms with Crippen molar-refractivity contribution in [3.8, 4) is 0 Å². The van der Waals surface area contributed by atoms with Crippen molar-refractivity contribution in [2.45, 2.75) is 19.9 Å². The van der Waals surface area contributed by atoms with Gasteiger partial charge in [-0.1, -0.05) is 0 Å². The summed E-state index contributed by atoms with van der Waals surface area (Å²) in [7, 11) is 3.24. The van der Waals surface area contributed by atoms with Crippen molar-refractivity contribution in [1.29, 1.82) is 0 Å². The van der Waals surface area contributed by atoms with Gasteiger partial charge in [-0.25, -0.2) is 0 Å². The van der Waals surface area contributed by atoms with Crippen LogP contribution in [0.1, 0.15) is 25.5 Å². The van der Waals surface area contributed by atoms with Gasteiger partial charge in [0.1, 0.15) is 0 Å². The molecule has 0 saturated heterocycles. The van der Waals surface area contributed by atoms with Gasteiger partial charge < -0.3 is 10.1 Å². The van der Waals surface area contributed by atoms with Crippen LogP contribution in [0.2, 0.25) is 0 Å². The Bertz CT molecular complexity index is 349. The zero-order valence-electron chi connectivity index (χ0n) is 10.2. The van der Waals surface area contributed by atoms with E-state index < -0.39 is 5.41 Å². The van der Waals surface area contributed by atoms with E-state index in [1.165, 1.54) is 7.11 Å². The van der Waals surface area contributed by atoms with Gasteiger partial charge in [0, 0.05) is 18.4 Å². The van der Waals surface area contributed by atoms with E-state index in [2.05, 4.69) is 10.3 Å². The number of rotatable bonds is 4. The van der Waals surface area contributed by atoms with Gasteiger partial charge in [0.15, 0.2) is 0 Å². The van der Waals surface area contributed by atoms with Gasteiger partial charge in [-0.05, 0) is 38.6 Å². The lowest BCUT2D eigenvalue weighted by atomic mass is 9.81. The lowest BCUT2D eigenvalue weighted by Gasteiger charge is -2.31. The van der Waals surface area contributed by atoms with Crippen LogP contribution in [0.15, 0.2) is 24.5 Å². The minimum atomic E-state index is -0.620. The number of nitrogens with one attached hydrogen (secondary N) is 1. The highest BCUT2D eigenvalue weighted by Gasteiger charge is 2.37. The van der Waals surface area contributed by atoms with Crippen LogP contribution in [-0.4, -0.2) is 25.1 Å². The average Bonchev–Trinajstić information content (AvgIpc) is 2.30. The molecule has 0 saturated carbocycles. The molecule has 4 heteroatoms. The van der Waals surface area contributed by atoms with E-state index >= 15 is 0 Å². The Morgan fingerprint density at radius 3 is 2.44 bits per heavy atom. The van der Waals surface area contributed by atoms with E-state index in [0.29, 0.717) is 0 Å². The second-order valence-corrected chi connectivity index (χ2v) is 4.22. The van der Waals surface area contributed by atoms with Crippen molar-refractivity contribution in [3.05, 3.63) is 30.1 Å². The number of carbonyl (C=O) groups excluding carboxylic acids is 1. The standard InChI is InChI=1S/C12H18N2O2/c1-12(2,11(15)16-4)10(13-3)9-5-7-14-8-6-9/h5-8,10,13H,1-4H3. The molecule has 16 heavy (non-hydrogen) atoms. The zero-order valence-corrected chi connectivity index (χ0v) is 10.2. The predicted octanol–water partition coefficient (Wildman–Crippen LogP) is 1.54. The maximum absolute atomic E-state index is 11.7. The number of aromatic nitrogens is 1. The number of ether oxygens (including phenoxy) is 1. The van der Waals surface area contributed by atoms with Gasteiger partial charge in [0.2, 0.25) is 0 Å². The van der Waals surface area contributed by atoms with Gasteiger partial charge in [-0.3, -0.25) is 9.78 Å². The molecule has 0 aromatic carbocycles. The topological polar surface area (TPSA) is 51.2 Å². The predicted molar refractivity (Wildman–Crippen MR) is 61.8 cm³/mol. The van der Waals surface area contributed by atoms with Crippen LogP contribution < -0.4 is 5.32 Å². The van der Waals surface area contributed by atoms with Crippen LogP contribution in [0, 0.1) is 5.41 Å². The Morgan fingerprint density at radius 1 is 1.44 bits per heavy atom. The summed E-state index contributed by atoms with van der Waals surface area (Å²) < 4.78 is 4.82. The lowest BCUT2D eigenvalue weighted by molar-refractivity contribution is -0.152. The third-order valence-electron chi connectivity index (χ3n) is 2.76. The minimum absolute atomic E-state index is 0.0945. The van der Waals surface area contributed by atoms with E-state index in [4.69, 9.17) is 4.74 Å². The summed E-state index contributed by atoms with van der Waals surface area (Å²) in [5.41, 5.74) is 0.401. The molecule has 0 aliphatic heterocycles. The summed E-state index contributed by atoms with van der Waals surface area (Å²) >= 11 is 0. The normalized spacial score (nSPS) is 13.2. The smallest absolute Gasteiger partial charge is 0.313 e. The molecule has 1 heterocycles. The first-order chi connectivity index (χ1) is 7.54. The van der Waals surface area contributed by atoms with Crippen molar-refractivity contribution in [2.75, 3.05) is 14.2 Å². The van der Waals surface area contributed by atoms with Crippen LogP contribution in [0.4, 0.5) is 0 Å². The lowest BCUT2D eigenvalue weighted by Crippen LogP contribution is -2.39. The Hall–Kier alpha value is -1.42. The van der Waals surface area contributed by atoms with Crippen LogP contribution in [0.25, 0.3) is 0 Å². The number of hydrogen-bond donors (Lipinski definition) is 1. The van der Waals surface area contributed by atoms with Crippen LogP contribution in [0.3, 0.4) is 0 Å². The minimum Gasteiger partial charge on any atom is -0.469 e. The molecule has 1 unspecified atom stereocenters. The highest BCUT2D eigenvalue weighted by atomic mass is 16.5. The first-order valence-electron chi connectivity index (χ1n) is 5.19. The number of carbonyl (C=O) groups is 1. The highest BCUT2D eigenvalue weighted by Crippen LogP contribution is 2.33. The van der Waals surface area contributed by atoms with Gasteiger partial charge in [-0.15, -0.1) is 0 Å². The third kappa shape index (κ3) is 2.39. The molecule has 1 N–H and O–H groups in total. The first kappa shape index (κ1) is 12.6. The molecule has 88 valence electrons. The molecular weight excluding hydrogens is 204 g/mol. The Labute approximate surface area is 96.0 Å². The Morgan fingerprint density at radius 2 is 2.00 bits per heavy atom. The largest absolute Gasteiger partial charge is 0.469 e. The number of pyridine rings is 1. The Kier molecular flexibility index (Phi) is 4.01. The van der Waals surface area contributed by atoms with Crippen molar-refractivity contribution in [3.63, 3.8) is 0 Å². The number of hydrogen-bond acceptors (Lipinski definition) is 4. The van der Waals surface area contributed by atoms with E-state index in [0.717, 1.165) is 5.56 Å². The maximum atomic E-state index is 11.7. The van der Waals surface area contributed by atoms with Crippen molar-refractivity contribution in [1.82, 2.24) is 10.3 Å². The molecule has 1 atom stereocenters. The average molecular weight is 222 g/mol. The quantitative estimate of drug-likeness (QED) is 0.785. The third-order valence-corrected chi connectivity index (χ3v) is 2.76. The SMILES string of the molecule is CNC(c1ccncc1)C(C)(C)C(=O)OC. The zero-order chi connectivity index (χ0) is 12.2. The molecule has 0 spiro atoms. The van der Waals surface area contributed by atoms with Gasteiger partial charge >= 0.3 is 5.97 Å². The van der Waals surface area contributed by atoms with E-state index in [-0.39, 0.29) is 12.0 Å². The molecule has 4 nitrogen and oxygen atoms in total. The monoisotopic (exact) mass is 222 g/mol. The summed E-state index contributed by atoms with van der Waals surface area (Å²) in [6, 6.07) is 3.69. The Balaban J connectivity index is 3.03. The van der Waals surface area contributed by atoms with E-state index in [1.54, 1.807) is 12.4 Å². The number of esters is 1. The molecule has 0 aliphatic rings. The van der Waals surface area contributed by atoms with Crippen LogP contribution in [-0.2, 0) is 9.53 Å². The molecule has 0 radical (unpaired) electrons. The van der Waals surface area contributed by atoms with E-state index in [9.17, 15) is 4.79 Å². The number of methoxy groups -OCH3 is 1. The second-order valence-electron chi connectivity index (χ2n) is 4.22.